The molecule has 1 aliphatic rings. The Morgan fingerprint density at radius 2 is 1.79 bits per heavy atom. The molecule has 0 unspecified atom stereocenters. The maximum Gasteiger partial charge on any atom is 0.229 e. The lowest BCUT2D eigenvalue weighted by molar-refractivity contribution is 0.313. The summed E-state index contributed by atoms with van der Waals surface area (Å²) in [5.41, 5.74) is 8.96. The third-order valence-electron chi connectivity index (χ3n) is 6.20. The van der Waals surface area contributed by atoms with Crippen LogP contribution in [0.5, 0.6) is 0 Å². The van der Waals surface area contributed by atoms with Gasteiger partial charge in [0.15, 0.2) is 11.5 Å². The fraction of sp³-hybridized carbons (Fsp3) is 0.320. The van der Waals surface area contributed by atoms with Gasteiger partial charge < -0.3 is 20.9 Å². The molecule has 4 heterocycles. The van der Waals surface area contributed by atoms with E-state index in [2.05, 4.69) is 49.2 Å². The first-order valence-electron chi connectivity index (χ1n) is 11.6. The molecule has 0 amide bonds. The molecular formula is C25H29FN8. The molecule has 1 aliphatic heterocycles. The van der Waals surface area contributed by atoms with Crippen molar-refractivity contribution in [3.05, 3.63) is 60.2 Å². The van der Waals surface area contributed by atoms with Crippen LogP contribution in [0.2, 0.25) is 0 Å². The third kappa shape index (κ3) is 4.26. The summed E-state index contributed by atoms with van der Waals surface area (Å²) in [4.78, 5) is 18.2. The number of anilines is 4. The fourth-order valence-electron chi connectivity index (χ4n) is 4.36. The van der Waals surface area contributed by atoms with Gasteiger partial charge in [-0.3, -0.25) is 4.57 Å². The number of halogens is 1. The molecule has 0 bridgehead atoms. The Labute approximate surface area is 198 Å². The van der Waals surface area contributed by atoms with Gasteiger partial charge in [0.1, 0.15) is 11.6 Å². The van der Waals surface area contributed by atoms with E-state index in [0.29, 0.717) is 40.7 Å². The number of benzene rings is 1. The number of nitrogen functional groups attached to an aromatic ring is 1. The smallest absolute Gasteiger partial charge is 0.229 e. The average Bonchev–Trinajstić information content (AvgIpc) is 3.11. The number of nitrogens with two attached hydrogens (primary N) is 1. The van der Waals surface area contributed by atoms with E-state index in [1.54, 1.807) is 22.8 Å². The van der Waals surface area contributed by atoms with Gasteiger partial charge in [-0.05, 0) is 49.9 Å². The average molecular weight is 461 g/mol. The molecule has 3 N–H and O–H groups in total. The molecule has 9 heteroatoms. The summed E-state index contributed by atoms with van der Waals surface area (Å²) in [6, 6.07) is 13.6. The van der Waals surface area contributed by atoms with E-state index in [-0.39, 0.29) is 5.82 Å². The molecule has 34 heavy (non-hydrogen) atoms. The van der Waals surface area contributed by atoms with Crippen molar-refractivity contribution >= 4 is 34.2 Å². The normalized spacial score (nSPS) is 14.6. The van der Waals surface area contributed by atoms with Gasteiger partial charge in [0.2, 0.25) is 5.95 Å². The van der Waals surface area contributed by atoms with Crippen LogP contribution in [0.25, 0.3) is 16.9 Å². The molecule has 0 saturated carbocycles. The van der Waals surface area contributed by atoms with Gasteiger partial charge in [0.05, 0.1) is 11.1 Å². The van der Waals surface area contributed by atoms with Gasteiger partial charge in [-0.2, -0.15) is 4.98 Å². The highest BCUT2D eigenvalue weighted by molar-refractivity contribution is 5.81. The zero-order valence-electron chi connectivity index (χ0n) is 19.5. The number of nitrogens with zero attached hydrogens (tertiary/aromatic N) is 6. The van der Waals surface area contributed by atoms with Crippen molar-refractivity contribution < 1.29 is 4.39 Å². The number of fused-ring (bicyclic) bond motifs is 1. The highest BCUT2D eigenvalue weighted by atomic mass is 19.1. The number of rotatable bonds is 6. The first-order chi connectivity index (χ1) is 16.5. The van der Waals surface area contributed by atoms with Crippen LogP contribution in [0, 0.1) is 5.82 Å². The zero-order chi connectivity index (χ0) is 23.7. The number of nitrogens with one attached hydrogen (secondary N) is 1. The lowest BCUT2D eigenvalue weighted by Crippen LogP contribution is -2.44. The van der Waals surface area contributed by atoms with Crippen LogP contribution in [0.1, 0.15) is 19.0 Å². The summed E-state index contributed by atoms with van der Waals surface area (Å²) in [6.07, 6.45) is 2.86. The summed E-state index contributed by atoms with van der Waals surface area (Å²) in [6.45, 7) is 6.17. The van der Waals surface area contributed by atoms with Crippen molar-refractivity contribution in [3.8, 4) is 5.82 Å². The standard InChI is InChI=1S/C25H29FN8/c1-3-5-20-23(26)19-16-28-25(31-24(19)34(20)22-7-4-6-21(27)30-22)29-17-8-10-18(11-9-17)33-14-12-32(2)13-15-33/h4,6-11,16H,3,5,12-15H2,1-2H3,(H2,27,30)(H,28,29,31). The van der Waals surface area contributed by atoms with Crippen LogP contribution in [0.15, 0.2) is 48.7 Å². The summed E-state index contributed by atoms with van der Waals surface area (Å²) in [5.74, 6) is 0.989. The monoisotopic (exact) mass is 460 g/mol. The zero-order valence-corrected chi connectivity index (χ0v) is 19.5. The fourth-order valence-corrected chi connectivity index (χ4v) is 4.36. The molecule has 1 fully saturated rings. The lowest BCUT2D eigenvalue weighted by Gasteiger charge is -2.34. The Bertz CT molecular complexity index is 1290. The Kier molecular flexibility index (Phi) is 6.02. The highest BCUT2D eigenvalue weighted by Gasteiger charge is 2.21. The van der Waals surface area contributed by atoms with E-state index in [9.17, 15) is 0 Å². The van der Waals surface area contributed by atoms with Crippen LogP contribution < -0.4 is 16.0 Å². The molecule has 176 valence electrons. The minimum atomic E-state index is -0.316. The van der Waals surface area contributed by atoms with Crippen molar-refractivity contribution in [1.29, 1.82) is 0 Å². The van der Waals surface area contributed by atoms with Crippen LogP contribution in [-0.4, -0.2) is 57.6 Å². The second kappa shape index (κ2) is 9.26. The highest BCUT2D eigenvalue weighted by Crippen LogP contribution is 2.29. The lowest BCUT2D eigenvalue weighted by atomic mass is 10.2. The van der Waals surface area contributed by atoms with E-state index in [1.165, 1.54) is 11.9 Å². The summed E-state index contributed by atoms with van der Waals surface area (Å²) < 4.78 is 17.0. The van der Waals surface area contributed by atoms with Crippen molar-refractivity contribution in [2.45, 2.75) is 19.8 Å². The molecule has 0 aliphatic carbocycles. The topological polar surface area (TPSA) is 88.1 Å². The second-order valence-corrected chi connectivity index (χ2v) is 8.66. The molecule has 0 radical (unpaired) electrons. The molecule has 0 spiro atoms. The van der Waals surface area contributed by atoms with E-state index in [0.717, 1.165) is 38.3 Å². The summed E-state index contributed by atoms with van der Waals surface area (Å²) in [5, 5.41) is 3.62. The Hall–Kier alpha value is -3.72. The maximum atomic E-state index is 15.3. The quantitative estimate of drug-likeness (QED) is 0.450. The molecule has 3 aromatic heterocycles. The molecule has 4 aromatic rings. The molecule has 5 rings (SSSR count). The Balaban J connectivity index is 1.46. The Morgan fingerprint density at radius 3 is 2.50 bits per heavy atom. The van der Waals surface area contributed by atoms with Crippen molar-refractivity contribution in [2.24, 2.45) is 0 Å². The molecule has 0 atom stereocenters. The first kappa shape index (κ1) is 22.1. The third-order valence-corrected chi connectivity index (χ3v) is 6.20. The summed E-state index contributed by atoms with van der Waals surface area (Å²) in [7, 11) is 2.15. The van der Waals surface area contributed by atoms with Crippen LogP contribution in [-0.2, 0) is 6.42 Å². The van der Waals surface area contributed by atoms with Crippen LogP contribution in [0.4, 0.5) is 27.5 Å². The van der Waals surface area contributed by atoms with Gasteiger partial charge in [-0.15, -0.1) is 0 Å². The van der Waals surface area contributed by atoms with Gasteiger partial charge in [0.25, 0.3) is 0 Å². The van der Waals surface area contributed by atoms with Crippen molar-refractivity contribution in [3.63, 3.8) is 0 Å². The van der Waals surface area contributed by atoms with Crippen molar-refractivity contribution in [1.82, 2.24) is 24.4 Å². The number of hydrogen-bond acceptors (Lipinski definition) is 7. The number of hydrogen-bond donors (Lipinski definition) is 2. The Morgan fingerprint density at radius 1 is 1.03 bits per heavy atom. The predicted octanol–water partition coefficient (Wildman–Crippen LogP) is 3.98. The number of pyridine rings is 1. The van der Waals surface area contributed by atoms with E-state index >= 15 is 4.39 Å². The number of aromatic nitrogens is 4. The van der Waals surface area contributed by atoms with Crippen LogP contribution >= 0.6 is 0 Å². The number of piperazine rings is 1. The van der Waals surface area contributed by atoms with E-state index in [4.69, 9.17) is 5.73 Å². The van der Waals surface area contributed by atoms with Gasteiger partial charge in [0, 0.05) is 43.8 Å². The molecule has 1 aromatic carbocycles. The largest absolute Gasteiger partial charge is 0.384 e. The SMILES string of the molecule is CCCc1c(F)c2cnc(Nc3ccc(N4CCN(C)CC4)cc3)nc2n1-c1cccc(N)n1. The molecule has 8 nitrogen and oxygen atoms in total. The van der Waals surface area contributed by atoms with E-state index < -0.39 is 0 Å². The van der Waals surface area contributed by atoms with Gasteiger partial charge in [-0.1, -0.05) is 19.4 Å². The van der Waals surface area contributed by atoms with Gasteiger partial charge >= 0.3 is 0 Å². The van der Waals surface area contributed by atoms with Gasteiger partial charge in [-0.25, -0.2) is 14.4 Å². The van der Waals surface area contributed by atoms with Crippen molar-refractivity contribution in [2.75, 3.05) is 49.2 Å². The minimum Gasteiger partial charge on any atom is -0.384 e. The molecule has 1 saturated heterocycles. The second-order valence-electron chi connectivity index (χ2n) is 8.66. The first-order valence-corrected chi connectivity index (χ1v) is 11.6. The summed E-state index contributed by atoms with van der Waals surface area (Å²) >= 11 is 0. The molecular weight excluding hydrogens is 431 g/mol. The number of likely N-dealkylation sites (N-methyl/N-ethyl adjacent to an activating group) is 1. The van der Waals surface area contributed by atoms with E-state index in [1.807, 2.05) is 19.1 Å². The minimum absolute atomic E-state index is 0.316. The van der Waals surface area contributed by atoms with Crippen LogP contribution in [0.3, 0.4) is 0 Å². The maximum absolute atomic E-state index is 15.3. The predicted molar refractivity (Wildman–Crippen MR) is 134 cm³/mol.